The number of benzene rings is 8. The molecule has 2 aliphatic rings. The summed E-state index contributed by atoms with van der Waals surface area (Å²) < 4.78 is 0. The summed E-state index contributed by atoms with van der Waals surface area (Å²) in [6.45, 7) is 0.851. The molecule has 0 spiro atoms. The molecule has 3 amide bonds. The number of fused-ring (bicyclic) bond motifs is 4. The molecule has 65 heavy (non-hydrogen) atoms. The summed E-state index contributed by atoms with van der Waals surface area (Å²) in [5, 5.41) is 15.2. The van der Waals surface area contributed by atoms with E-state index < -0.39 is 4.92 Å². The Hall–Kier alpha value is -7.72. The zero-order valence-corrected chi connectivity index (χ0v) is 36.4. The number of rotatable bonds is 5. The number of amides is 3. The molecule has 2 heterocycles. The average Bonchev–Trinajstić information content (AvgIpc) is 3.57. The third kappa shape index (κ3) is 8.67. The van der Waals surface area contributed by atoms with Crippen LogP contribution in [0.25, 0.3) is 0 Å². The minimum absolute atomic E-state index is 0.0328. The Kier molecular flexibility index (Phi) is 12.2. The number of non-ortho nitro benzene ring substituents is 1. The van der Waals surface area contributed by atoms with Gasteiger partial charge in [-0.15, -0.1) is 0 Å². The summed E-state index contributed by atoms with van der Waals surface area (Å²) in [5.41, 5.74) is 17.6. The number of nitro groups is 1. The van der Waals surface area contributed by atoms with Crippen LogP contribution in [0.15, 0.2) is 194 Å². The summed E-state index contributed by atoms with van der Waals surface area (Å²) in [6.07, 6.45) is 0. The van der Waals surface area contributed by atoms with Crippen molar-refractivity contribution in [2.45, 2.75) is 24.9 Å². The zero-order chi connectivity index (χ0) is 45.0. The number of hydrogen-bond acceptors (Lipinski definition) is 5. The van der Waals surface area contributed by atoms with Gasteiger partial charge in [0.05, 0.1) is 18.0 Å². The summed E-state index contributed by atoms with van der Waals surface area (Å²) in [7, 11) is 0. The summed E-state index contributed by atoms with van der Waals surface area (Å²) in [5.74, 6) is -0.259. The first kappa shape index (κ1) is 42.6. The highest BCUT2D eigenvalue weighted by atomic mass is 35.5. The Balaban J connectivity index is 0.000000165. The molecular formula is C54H41Cl2N5O4. The maximum Gasteiger partial charge on any atom is 0.326 e. The van der Waals surface area contributed by atoms with Crippen molar-refractivity contribution in [1.29, 1.82) is 0 Å². The van der Waals surface area contributed by atoms with Crippen molar-refractivity contribution in [3.05, 3.63) is 264 Å². The Morgan fingerprint density at radius 3 is 1.43 bits per heavy atom. The van der Waals surface area contributed by atoms with Crippen molar-refractivity contribution in [1.82, 2.24) is 0 Å². The average molecular weight is 895 g/mol. The summed E-state index contributed by atoms with van der Waals surface area (Å²) >= 11 is 13.3. The van der Waals surface area contributed by atoms with Crippen LogP contribution in [0.1, 0.15) is 66.7 Å². The molecule has 320 valence electrons. The number of nitrogens with two attached hydrogens (primary N) is 1. The van der Waals surface area contributed by atoms with Gasteiger partial charge in [0.15, 0.2) is 0 Å². The lowest BCUT2D eigenvalue weighted by atomic mass is 9.83. The van der Waals surface area contributed by atoms with Gasteiger partial charge in [0.2, 0.25) is 0 Å². The molecule has 0 saturated heterocycles. The van der Waals surface area contributed by atoms with Crippen molar-refractivity contribution in [3.8, 4) is 0 Å². The van der Waals surface area contributed by atoms with Crippen LogP contribution in [0.2, 0.25) is 10.0 Å². The van der Waals surface area contributed by atoms with Crippen molar-refractivity contribution < 1.29 is 14.5 Å². The van der Waals surface area contributed by atoms with Crippen LogP contribution in [-0.4, -0.2) is 16.9 Å². The zero-order valence-electron chi connectivity index (χ0n) is 34.9. The molecule has 0 aliphatic carbocycles. The number of anilines is 4. The number of nitrogens with zero attached hydrogens (tertiary/aromatic N) is 3. The molecule has 10 rings (SSSR count). The number of carbonyl (C=O) groups is 2. The molecular weight excluding hydrogens is 854 g/mol. The standard InChI is InChI=1S/C27H20ClN3O3.C27H21ClN2O/c28-24-11-5-3-9-22(24)26-21-8-2-1-7-18(21)17-30(25-12-6-4-10-23(25)26)27(32)29-19-13-15-20(16-14-19)31(33)34;28-24-11-5-3-9-22(24)26-21-8-2-1-7-19(21)17-30(25-12-6-4-10-23(25)26)27(31)18-13-15-20(29)16-14-18/h1-16,26H,17H2,(H,29,32);1-16,26H,17,29H2. The van der Waals surface area contributed by atoms with Crippen molar-refractivity contribution in [2.75, 3.05) is 20.9 Å². The van der Waals surface area contributed by atoms with Gasteiger partial charge in [0.25, 0.3) is 11.6 Å². The number of urea groups is 1. The molecule has 2 unspecified atom stereocenters. The van der Waals surface area contributed by atoms with E-state index in [1.807, 2.05) is 120 Å². The van der Waals surface area contributed by atoms with Crippen LogP contribution in [-0.2, 0) is 13.1 Å². The largest absolute Gasteiger partial charge is 0.399 e. The maximum absolute atomic E-state index is 13.6. The summed E-state index contributed by atoms with van der Waals surface area (Å²) in [6, 6.07) is 60.6. The first-order chi connectivity index (χ1) is 31.7. The van der Waals surface area contributed by atoms with Crippen molar-refractivity contribution in [3.63, 3.8) is 0 Å². The van der Waals surface area contributed by atoms with E-state index in [1.165, 1.54) is 24.3 Å². The number of hydrogen-bond donors (Lipinski definition) is 2. The highest BCUT2D eigenvalue weighted by molar-refractivity contribution is 6.32. The number of nitro benzene ring substituents is 1. The molecule has 2 aliphatic heterocycles. The smallest absolute Gasteiger partial charge is 0.326 e. The van der Waals surface area contributed by atoms with E-state index in [1.54, 1.807) is 29.2 Å². The Morgan fingerprint density at radius 2 is 0.938 bits per heavy atom. The van der Waals surface area contributed by atoms with E-state index in [0.29, 0.717) is 35.1 Å². The van der Waals surface area contributed by atoms with Crippen molar-refractivity contribution >= 4 is 63.6 Å². The molecule has 0 aromatic heterocycles. The molecule has 2 atom stereocenters. The Morgan fingerprint density at radius 1 is 0.523 bits per heavy atom. The second-order valence-electron chi connectivity index (χ2n) is 15.8. The number of nitrogen functional groups attached to an aromatic ring is 1. The molecule has 3 N–H and O–H groups in total. The van der Waals surface area contributed by atoms with Crippen LogP contribution in [0, 0.1) is 10.1 Å². The second kappa shape index (κ2) is 18.6. The van der Waals surface area contributed by atoms with Gasteiger partial charge in [-0.3, -0.25) is 19.8 Å². The number of halogens is 2. The lowest BCUT2D eigenvalue weighted by Gasteiger charge is -2.25. The van der Waals surface area contributed by atoms with E-state index in [-0.39, 0.29) is 29.5 Å². The van der Waals surface area contributed by atoms with E-state index in [2.05, 4.69) is 35.6 Å². The third-order valence-corrected chi connectivity index (χ3v) is 12.6. The third-order valence-electron chi connectivity index (χ3n) is 11.9. The first-order valence-corrected chi connectivity index (χ1v) is 21.7. The summed E-state index contributed by atoms with van der Waals surface area (Å²) in [4.78, 5) is 41.1. The highest BCUT2D eigenvalue weighted by Gasteiger charge is 2.33. The number of nitrogens with one attached hydrogen (secondary N) is 1. The predicted molar refractivity (Wildman–Crippen MR) is 260 cm³/mol. The van der Waals surface area contributed by atoms with Gasteiger partial charge in [-0.2, -0.15) is 0 Å². The van der Waals surface area contributed by atoms with E-state index in [0.717, 1.165) is 60.9 Å². The minimum Gasteiger partial charge on any atom is -0.399 e. The van der Waals surface area contributed by atoms with Crippen LogP contribution in [0.3, 0.4) is 0 Å². The van der Waals surface area contributed by atoms with Gasteiger partial charge in [0, 0.05) is 62.3 Å². The van der Waals surface area contributed by atoms with E-state index in [9.17, 15) is 19.7 Å². The number of para-hydroxylation sites is 2. The van der Waals surface area contributed by atoms with Crippen LogP contribution >= 0.6 is 23.2 Å². The Bertz CT molecular complexity index is 3070. The van der Waals surface area contributed by atoms with Crippen LogP contribution in [0.4, 0.5) is 33.2 Å². The highest BCUT2D eigenvalue weighted by Crippen LogP contribution is 2.46. The maximum atomic E-state index is 13.6. The monoisotopic (exact) mass is 893 g/mol. The van der Waals surface area contributed by atoms with Crippen LogP contribution in [0.5, 0.6) is 0 Å². The molecule has 11 heteroatoms. The van der Waals surface area contributed by atoms with Gasteiger partial charge >= 0.3 is 6.03 Å². The molecule has 8 aromatic rings. The SMILES string of the molecule is Nc1ccc(C(=O)N2Cc3ccccc3C(c3ccccc3Cl)c3ccccc32)cc1.O=C(Nc1ccc([N+](=O)[O-])cc1)N1Cc2ccccc2C(c2ccccc2Cl)c2ccccc21. The lowest BCUT2D eigenvalue weighted by Crippen LogP contribution is -2.34. The fourth-order valence-corrected chi connectivity index (χ4v) is 9.30. The van der Waals surface area contributed by atoms with Gasteiger partial charge in [-0.05, 0) is 105 Å². The van der Waals surface area contributed by atoms with Gasteiger partial charge in [-0.1, -0.05) is 145 Å². The van der Waals surface area contributed by atoms with Crippen LogP contribution < -0.4 is 20.9 Å². The number of carbonyl (C=O) groups excluding carboxylic acids is 2. The normalized spacial score (nSPS) is 14.7. The molecule has 0 fully saturated rings. The van der Waals surface area contributed by atoms with Gasteiger partial charge in [-0.25, -0.2) is 4.79 Å². The fourth-order valence-electron chi connectivity index (χ4n) is 8.81. The Labute approximate surface area is 386 Å². The molecule has 8 aromatic carbocycles. The quantitative estimate of drug-likeness (QED) is 0.101. The van der Waals surface area contributed by atoms with E-state index >= 15 is 0 Å². The van der Waals surface area contributed by atoms with Crippen molar-refractivity contribution in [2.24, 2.45) is 0 Å². The molecule has 0 radical (unpaired) electrons. The van der Waals surface area contributed by atoms with Gasteiger partial charge < -0.3 is 16.0 Å². The topological polar surface area (TPSA) is 122 Å². The first-order valence-electron chi connectivity index (χ1n) is 21.0. The van der Waals surface area contributed by atoms with E-state index in [4.69, 9.17) is 28.9 Å². The molecule has 0 bridgehead atoms. The molecule has 0 saturated carbocycles. The second-order valence-corrected chi connectivity index (χ2v) is 16.6. The lowest BCUT2D eigenvalue weighted by molar-refractivity contribution is -0.384. The fraction of sp³-hybridized carbons (Fsp3) is 0.0741. The molecule has 9 nitrogen and oxygen atoms in total. The predicted octanol–water partition coefficient (Wildman–Crippen LogP) is 13.2. The minimum atomic E-state index is -0.470. The van der Waals surface area contributed by atoms with Gasteiger partial charge in [0.1, 0.15) is 0 Å².